The van der Waals surface area contributed by atoms with E-state index in [0.29, 0.717) is 33.0 Å². The van der Waals surface area contributed by atoms with Crippen molar-refractivity contribution in [3.8, 4) is 23.3 Å². The Kier molecular flexibility index (Phi) is 9.83. The van der Waals surface area contributed by atoms with Crippen LogP contribution in [0.1, 0.15) is 16.7 Å². The van der Waals surface area contributed by atoms with E-state index < -0.39 is 5.91 Å². The van der Waals surface area contributed by atoms with Crippen molar-refractivity contribution in [3.63, 3.8) is 0 Å². The number of carbonyl (C=O) groups is 1. The molecule has 6 rings (SSSR count). The first-order chi connectivity index (χ1) is 23.9. The number of nitriles is 1. The number of thiazole rings is 1. The van der Waals surface area contributed by atoms with E-state index in [1.165, 1.54) is 23.8 Å². The molecule has 0 atom stereocenters. The fraction of sp³-hybridized carbons (Fsp3) is 0.103. The number of carbonyl (C=O) groups excluding carboxylic acids is 1. The van der Waals surface area contributed by atoms with Gasteiger partial charge in [0.05, 0.1) is 25.3 Å². The molecule has 49 heavy (non-hydrogen) atoms. The van der Waals surface area contributed by atoms with Crippen LogP contribution in [-0.4, -0.2) is 24.7 Å². The monoisotopic (exact) mass is 671 g/mol. The van der Waals surface area contributed by atoms with Crippen molar-refractivity contribution < 1.29 is 23.4 Å². The summed E-state index contributed by atoms with van der Waals surface area (Å²) < 4.78 is 32.0. The lowest BCUT2D eigenvalue weighted by molar-refractivity contribution is -0.111. The van der Waals surface area contributed by atoms with Crippen LogP contribution < -0.4 is 34.3 Å². The van der Waals surface area contributed by atoms with Crippen LogP contribution in [0.15, 0.2) is 114 Å². The molecular weight excluding hydrogens is 642 g/mol. The van der Waals surface area contributed by atoms with Gasteiger partial charge in [0.1, 0.15) is 28.9 Å². The van der Waals surface area contributed by atoms with Gasteiger partial charge in [-0.3, -0.25) is 14.2 Å². The van der Waals surface area contributed by atoms with Crippen LogP contribution in [0.25, 0.3) is 22.4 Å². The molecule has 0 spiro atoms. The normalized spacial score (nSPS) is 11.9. The van der Waals surface area contributed by atoms with Gasteiger partial charge >= 0.3 is 0 Å². The summed E-state index contributed by atoms with van der Waals surface area (Å²) in [6, 6.07) is 33.7. The van der Waals surface area contributed by atoms with Gasteiger partial charge in [-0.1, -0.05) is 66.7 Å². The van der Waals surface area contributed by atoms with Crippen LogP contribution in [0.2, 0.25) is 0 Å². The van der Waals surface area contributed by atoms with Crippen LogP contribution in [0, 0.1) is 17.1 Å². The minimum atomic E-state index is -0.626. The SMILES string of the molecule is COc1ccc(Cn2c(=C(C#N)C(=O)Nc3cccc4ccccc34)sc(=Cc3ccc(OCc4ccc(F)cc4)c(OC)c3)c2=O)cc1. The van der Waals surface area contributed by atoms with E-state index in [-0.39, 0.29) is 34.8 Å². The maximum Gasteiger partial charge on any atom is 0.269 e. The number of benzene rings is 5. The fourth-order valence-electron chi connectivity index (χ4n) is 5.26. The lowest BCUT2D eigenvalue weighted by Crippen LogP contribution is -2.34. The van der Waals surface area contributed by atoms with Crippen LogP contribution in [0.4, 0.5) is 10.1 Å². The number of anilines is 1. The summed E-state index contributed by atoms with van der Waals surface area (Å²) in [5.41, 5.74) is 2.21. The molecule has 8 nitrogen and oxygen atoms in total. The van der Waals surface area contributed by atoms with E-state index in [1.54, 1.807) is 61.7 Å². The topological polar surface area (TPSA) is 103 Å². The predicted octanol–water partition coefficient (Wildman–Crippen LogP) is 5.99. The predicted molar refractivity (Wildman–Crippen MR) is 189 cm³/mol. The minimum Gasteiger partial charge on any atom is -0.497 e. The highest BCUT2D eigenvalue weighted by Gasteiger charge is 2.18. The number of amides is 1. The molecule has 0 saturated carbocycles. The molecule has 6 aromatic rings. The van der Waals surface area contributed by atoms with Gasteiger partial charge in [-0.2, -0.15) is 5.26 Å². The number of hydrogen-bond donors (Lipinski definition) is 1. The molecule has 1 N–H and O–H groups in total. The summed E-state index contributed by atoms with van der Waals surface area (Å²) in [7, 11) is 3.08. The molecule has 1 heterocycles. The Morgan fingerprint density at radius 3 is 2.37 bits per heavy atom. The average molecular weight is 672 g/mol. The van der Waals surface area contributed by atoms with Gasteiger partial charge in [0.15, 0.2) is 17.1 Å². The molecule has 0 fully saturated rings. The highest BCUT2D eigenvalue weighted by molar-refractivity contribution is 7.07. The molecule has 0 aliphatic carbocycles. The number of nitrogens with zero attached hydrogens (tertiary/aromatic N) is 2. The molecular formula is C39H30FN3O5S. The molecule has 10 heteroatoms. The van der Waals surface area contributed by atoms with Crippen molar-refractivity contribution in [2.24, 2.45) is 0 Å². The van der Waals surface area contributed by atoms with E-state index in [4.69, 9.17) is 14.2 Å². The number of aromatic nitrogens is 1. The second-order valence-electron chi connectivity index (χ2n) is 10.9. The van der Waals surface area contributed by atoms with E-state index in [9.17, 15) is 19.2 Å². The molecule has 0 radical (unpaired) electrons. The molecule has 0 aliphatic rings. The first kappa shape index (κ1) is 32.7. The first-order valence-electron chi connectivity index (χ1n) is 15.2. The molecule has 1 amide bonds. The Bertz CT molecular complexity index is 2370. The highest BCUT2D eigenvalue weighted by atomic mass is 32.1. The summed E-state index contributed by atoms with van der Waals surface area (Å²) in [6.45, 7) is 0.326. The van der Waals surface area contributed by atoms with Gasteiger partial charge in [-0.15, -0.1) is 11.3 Å². The Morgan fingerprint density at radius 1 is 0.898 bits per heavy atom. The molecule has 0 unspecified atom stereocenters. The zero-order valence-corrected chi connectivity index (χ0v) is 27.4. The highest BCUT2D eigenvalue weighted by Crippen LogP contribution is 2.29. The number of ether oxygens (including phenoxy) is 3. The molecule has 5 aromatic carbocycles. The van der Waals surface area contributed by atoms with Crippen molar-refractivity contribution >= 4 is 45.4 Å². The Balaban J connectivity index is 1.41. The second kappa shape index (κ2) is 14.7. The third-order valence-electron chi connectivity index (χ3n) is 7.79. The number of fused-ring (bicyclic) bond motifs is 1. The second-order valence-corrected chi connectivity index (χ2v) is 12.0. The minimum absolute atomic E-state index is 0.120. The Labute approximate surface area is 285 Å². The fourth-order valence-corrected chi connectivity index (χ4v) is 6.36. The molecule has 0 bridgehead atoms. The van der Waals surface area contributed by atoms with Crippen molar-refractivity contribution in [3.05, 3.63) is 151 Å². The smallest absolute Gasteiger partial charge is 0.269 e. The third kappa shape index (κ3) is 7.38. The first-order valence-corrected chi connectivity index (χ1v) is 16.0. The standard InChI is InChI=1S/C39H30FN3O5S/c1-46-30-17-12-25(13-18-30)23-43-38(45)36(21-27-14-19-34(35(20-27)47-2)48-24-26-10-15-29(40)16-11-26)49-39(43)32(22-41)37(44)42-33-9-5-7-28-6-3-4-8-31(28)33/h3-21H,23-24H2,1-2H3,(H,42,44). The van der Waals surface area contributed by atoms with Crippen LogP contribution in [0.5, 0.6) is 17.2 Å². The van der Waals surface area contributed by atoms with E-state index in [2.05, 4.69) is 11.4 Å². The van der Waals surface area contributed by atoms with Gasteiger partial charge < -0.3 is 19.5 Å². The number of nitrogens with one attached hydrogen (secondary N) is 1. The summed E-state index contributed by atoms with van der Waals surface area (Å²) >= 11 is 1.06. The summed E-state index contributed by atoms with van der Waals surface area (Å²) in [5, 5.41) is 14.9. The molecule has 0 aliphatic heterocycles. The van der Waals surface area contributed by atoms with E-state index in [0.717, 1.165) is 33.2 Å². The van der Waals surface area contributed by atoms with Gasteiger partial charge in [0, 0.05) is 11.1 Å². The maximum absolute atomic E-state index is 14.0. The molecule has 1 aromatic heterocycles. The van der Waals surface area contributed by atoms with Crippen molar-refractivity contribution in [1.29, 1.82) is 5.26 Å². The van der Waals surface area contributed by atoms with E-state index >= 15 is 0 Å². The molecule has 244 valence electrons. The van der Waals surface area contributed by atoms with Crippen LogP contribution in [0.3, 0.4) is 0 Å². The number of methoxy groups -OCH3 is 2. The maximum atomic E-state index is 14.0. The number of rotatable bonds is 10. The lowest BCUT2D eigenvalue weighted by Gasteiger charge is -2.11. The van der Waals surface area contributed by atoms with Crippen molar-refractivity contribution in [2.75, 3.05) is 19.5 Å². The summed E-state index contributed by atoms with van der Waals surface area (Å²) in [5.74, 6) is 0.613. The quantitative estimate of drug-likeness (QED) is 0.192. The van der Waals surface area contributed by atoms with Crippen molar-refractivity contribution in [2.45, 2.75) is 13.2 Å². The Hall–Kier alpha value is -6.18. The zero-order valence-electron chi connectivity index (χ0n) is 26.6. The van der Waals surface area contributed by atoms with Gasteiger partial charge in [0.25, 0.3) is 11.5 Å². The van der Waals surface area contributed by atoms with Crippen molar-refractivity contribution in [1.82, 2.24) is 4.57 Å². The number of halogens is 1. The lowest BCUT2D eigenvalue weighted by atomic mass is 10.1. The van der Waals surface area contributed by atoms with Gasteiger partial charge in [-0.25, -0.2) is 4.39 Å². The zero-order chi connectivity index (χ0) is 34.3. The summed E-state index contributed by atoms with van der Waals surface area (Å²) in [4.78, 5) is 27.7. The molecule has 0 saturated heterocycles. The van der Waals surface area contributed by atoms with E-state index in [1.807, 2.05) is 48.5 Å². The number of hydrogen-bond acceptors (Lipinski definition) is 7. The largest absolute Gasteiger partial charge is 0.497 e. The van der Waals surface area contributed by atoms with Gasteiger partial charge in [0.2, 0.25) is 0 Å². The Morgan fingerprint density at radius 2 is 1.63 bits per heavy atom. The van der Waals surface area contributed by atoms with Gasteiger partial charge in [-0.05, 0) is 70.6 Å². The van der Waals surface area contributed by atoms with Crippen LogP contribution >= 0.6 is 11.3 Å². The third-order valence-corrected chi connectivity index (χ3v) is 8.92. The summed E-state index contributed by atoms with van der Waals surface area (Å²) in [6.07, 6.45) is 1.69. The van der Waals surface area contributed by atoms with Crippen LogP contribution in [-0.2, 0) is 17.9 Å². The average Bonchev–Trinajstić information content (AvgIpc) is 3.42.